The molecule has 16 heavy (non-hydrogen) atoms. The first kappa shape index (κ1) is 15.4. The molecule has 0 heterocycles. The van der Waals surface area contributed by atoms with Gasteiger partial charge in [-0.25, -0.2) is 8.42 Å². The van der Waals surface area contributed by atoms with Crippen LogP contribution in [-0.4, -0.2) is 43.1 Å². The maximum Gasteiger partial charge on any atom is 0.241 e. The molecule has 6 heteroatoms. The average Bonchev–Trinajstić information content (AvgIpc) is 2.12. The summed E-state index contributed by atoms with van der Waals surface area (Å²) in [5.74, 6) is -0.500. The quantitative estimate of drug-likeness (QED) is 0.700. The Morgan fingerprint density at radius 2 is 1.94 bits per heavy atom. The first-order chi connectivity index (χ1) is 7.13. The Kier molecular flexibility index (Phi) is 5.41. The standard InChI is InChI=1S/C10H21NO4S/c1-8(6-5-7-12)11-9(13)10(2,3)16(4,14)15/h8,12H,5-7H2,1-4H3,(H,11,13). The molecule has 0 spiro atoms. The van der Waals surface area contributed by atoms with Gasteiger partial charge in [-0.15, -0.1) is 0 Å². The summed E-state index contributed by atoms with van der Waals surface area (Å²) in [4.78, 5) is 11.7. The summed E-state index contributed by atoms with van der Waals surface area (Å²) < 4.78 is 21.4. The normalized spacial score (nSPS) is 14.6. The molecule has 0 aromatic carbocycles. The van der Waals surface area contributed by atoms with Crippen molar-refractivity contribution in [2.75, 3.05) is 12.9 Å². The summed E-state index contributed by atoms with van der Waals surface area (Å²) in [6, 6.07) is -0.138. The number of nitrogens with one attached hydrogen (secondary N) is 1. The molecule has 0 aromatic heterocycles. The van der Waals surface area contributed by atoms with Gasteiger partial charge in [0.15, 0.2) is 9.84 Å². The predicted molar refractivity (Wildman–Crippen MR) is 62.8 cm³/mol. The van der Waals surface area contributed by atoms with Crippen LogP contribution in [0.3, 0.4) is 0 Å². The average molecular weight is 251 g/mol. The number of aliphatic hydroxyl groups excluding tert-OH is 1. The summed E-state index contributed by atoms with van der Waals surface area (Å²) in [6.45, 7) is 4.62. The summed E-state index contributed by atoms with van der Waals surface area (Å²) >= 11 is 0. The van der Waals surface area contributed by atoms with Crippen LogP contribution < -0.4 is 5.32 Å². The fourth-order valence-corrected chi connectivity index (χ4v) is 1.43. The molecule has 0 aromatic rings. The second kappa shape index (κ2) is 5.63. The van der Waals surface area contributed by atoms with Crippen molar-refractivity contribution < 1.29 is 18.3 Å². The van der Waals surface area contributed by atoms with E-state index in [1.807, 2.05) is 0 Å². The topological polar surface area (TPSA) is 83.5 Å². The van der Waals surface area contributed by atoms with Crippen molar-refractivity contribution in [2.24, 2.45) is 0 Å². The van der Waals surface area contributed by atoms with Crippen LogP contribution in [0.15, 0.2) is 0 Å². The number of rotatable bonds is 6. The van der Waals surface area contributed by atoms with E-state index in [4.69, 9.17) is 5.11 Å². The third-order valence-electron chi connectivity index (χ3n) is 2.65. The van der Waals surface area contributed by atoms with Gasteiger partial charge in [0, 0.05) is 18.9 Å². The minimum absolute atomic E-state index is 0.0652. The van der Waals surface area contributed by atoms with Gasteiger partial charge in [0.2, 0.25) is 5.91 Å². The molecule has 96 valence electrons. The van der Waals surface area contributed by atoms with E-state index in [0.717, 1.165) is 6.26 Å². The molecule has 0 aliphatic rings. The predicted octanol–water partition coefficient (Wildman–Crippen LogP) is 0.0868. The fraction of sp³-hybridized carbons (Fsp3) is 0.900. The van der Waals surface area contributed by atoms with Gasteiger partial charge in [0.25, 0.3) is 0 Å². The van der Waals surface area contributed by atoms with Crippen molar-refractivity contribution in [3.63, 3.8) is 0 Å². The molecule has 5 nitrogen and oxygen atoms in total. The van der Waals surface area contributed by atoms with Crippen LogP contribution in [0.2, 0.25) is 0 Å². The van der Waals surface area contributed by atoms with E-state index in [1.165, 1.54) is 13.8 Å². The SMILES string of the molecule is CC(CCCO)NC(=O)C(C)(C)S(C)(=O)=O. The van der Waals surface area contributed by atoms with Gasteiger partial charge in [0.05, 0.1) is 0 Å². The molecule has 2 N–H and O–H groups in total. The zero-order valence-electron chi connectivity index (χ0n) is 10.3. The van der Waals surface area contributed by atoms with Gasteiger partial charge < -0.3 is 10.4 Å². The lowest BCUT2D eigenvalue weighted by Gasteiger charge is -2.24. The molecule has 0 rings (SSSR count). The fourth-order valence-electron chi connectivity index (χ4n) is 1.04. The Bertz CT molecular complexity index is 335. The van der Waals surface area contributed by atoms with Gasteiger partial charge in [-0.1, -0.05) is 0 Å². The minimum atomic E-state index is -3.43. The zero-order valence-corrected chi connectivity index (χ0v) is 11.1. The molecule has 1 amide bonds. The van der Waals surface area contributed by atoms with Crippen molar-refractivity contribution in [2.45, 2.75) is 44.4 Å². The summed E-state index contributed by atoms with van der Waals surface area (Å²) in [6.07, 6.45) is 2.26. The highest BCUT2D eigenvalue weighted by Gasteiger charge is 2.38. The van der Waals surface area contributed by atoms with Gasteiger partial charge in [0.1, 0.15) is 4.75 Å². The molecular weight excluding hydrogens is 230 g/mol. The van der Waals surface area contributed by atoms with Crippen LogP contribution in [0.1, 0.15) is 33.6 Å². The van der Waals surface area contributed by atoms with Crippen molar-refractivity contribution in [1.29, 1.82) is 0 Å². The molecular formula is C10H21NO4S. The van der Waals surface area contributed by atoms with Gasteiger partial charge in [-0.05, 0) is 33.6 Å². The second-order valence-corrected chi connectivity index (χ2v) is 7.09. The molecule has 0 bridgehead atoms. The Hall–Kier alpha value is -0.620. The number of hydrogen-bond acceptors (Lipinski definition) is 4. The molecule has 1 atom stereocenters. The van der Waals surface area contributed by atoms with E-state index in [2.05, 4.69) is 5.32 Å². The van der Waals surface area contributed by atoms with E-state index in [-0.39, 0.29) is 12.6 Å². The van der Waals surface area contributed by atoms with E-state index < -0.39 is 20.5 Å². The lowest BCUT2D eigenvalue weighted by atomic mass is 10.1. The van der Waals surface area contributed by atoms with Gasteiger partial charge in [-0.2, -0.15) is 0 Å². The van der Waals surface area contributed by atoms with Crippen LogP contribution in [0.25, 0.3) is 0 Å². The second-order valence-electron chi connectivity index (χ2n) is 4.52. The number of carbonyl (C=O) groups is 1. The molecule has 0 fully saturated rings. The van der Waals surface area contributed by atoms with E-state index in [9.17, 15) is 13.2 Å². The molecule has 0 radical (unpaired) electrons. The van der Waals surface area contributed by atoms with Crippen LogP contribution in [0.5, 0.6) is 0 Å². The van der Waals surface area contributed by atoms with Crippen molar-refractivity contribution in [1.82, 2.24) is 5.32 Å². The smallest absolute Gasteiger partial charge is 0.241 e. The number of aliphatic hydroxyl groups is 1. The highest BCUT2D eigenvalue weighted by atomic mass is 32.2. The third kappa shape index (κ3) is 4.09. The lowest BCUT2D eigenvalue weighted by molar-refractivity contribution is -0.123. The number of carbonyl (C=O) groups excluding carboxylic acids is 1. The Balaban J connectivity index is 4.48. The van der Waals surface area contributed by atoms with Gasteiger partial charge >= 0.3 is 0 Å². The first-order valence-corrected chi connectivity index (χ1v) is 7.13. The van der Waals surface area contributed by atoms with Crippen LogP contribution >= 0.6 is 0 Å². The highest BCUT2D eigenvalue weighted by molar-refractivity contribution is 7.92. The Morgan fingerprint density at radius 1 is 1.44 bits per heavy atom. The van der Waals surface area contributed by atoms with Crippen molar-refractivity contribution >= 4 is 15.7 Å². The summed E-state index contributed by atoms with van der Waals surface area (Å²) in [5.41, 5.74) is 0. The number of sulfone groups is 1. The third-order valence-corrected chi connectivity index (χ3v) is 4.69. The first-order valence-electron chi connectivity index (χ1n) is 5.24. The van der Waals surface area contributed by atoms with E-state index in [0.29, 0.717) is 12.8 Å². The van der Waals surface area contributed by atoms with E-state index >= 15 is 0 Å². The maximum atomic E-state index is 11.7. The largest absolute Gasteiger partial charge is 0.396 e. The van der Waals surface area contributed by atoms with Gasteiger partial charge in [-0.3, -0.25) is 4.79 Å². The number of hydrogen-bond donors (Lipinski definition) is 2. The summed E-state index contributed by atoms with van der Waals surface area (Å²) in [7, 11) is -3.43. The van der Waals surface area contributed by atoms with Crippen molar-refractivity contribution in [3.05, 3.63) is 0 Å². The molecule has 0 aliphatic heterocycles. The molecule has 0 aliphatic carbocycles. The monoisotopic (exact) mass is 251 g/mol. The minimum Gasteiger partial charge on any atom is -0.396 e. The zero-order chi connectivity index (χ0) is 13.0. The van der Waals surface area contributed by atoms with Crippen LogP contribution in [-0.2, 0) is 14.6 Å². The van der Waals surface area contributed by atoms with Crippen LogP contribution in [0, 0.1) is 0 Å². The Labute approximate surface area is 97.2 Å². The lowest BCUT2D eigenvalue weighted by Crippen LogP contribution is -2.50. The van der Waals surface area contributed by atoms with Crippen LogP contribution in [0.4, 0.5) is 0 Å². The maximum absolute atomic E-state index is 11.7. The number of amides is 1. The molecule has 0 saturated heterocycles. The Morgan fingerprint density at radius 3 is 2.31 bits per heavy atom. The molecule has 0 saturated carbocycles. The highest BCUT2D eigenvalue weighted by Crippen LogP contribution is 2.15. The van der Waals surface area contributed by atoms with E-state index in [1.54, 1.807) is 6.92 Å². The summed E-state index contributed by atoms with van der Waals surface area (Å²) in [5, 5.41) is 11.3. The van der Waals surface area contributed by atoms with Crippen molar-refractivity contribution in [3.8, 4) is 0 Å². The molecule has 1 unspecified atom stereocenters.